The highest BCUT2D eigenvalue weighted by Crippen LogP contribution is 2.55. The van der Waals surface area contributed by atoms with E-state index < -0.39 is 0 Å². The molecule has 0 amide bonds. The normalized spacial score (nSPS) is 16.3. The van der Waals surface area contributed by atoms with Crippen LogP contribution in [0.15, 0.2) is 97.1 Å². The Hall–Kier alpha value is -4.16. The van der Waals surface area contributed by atoms with Crippen molar-refractivity contribution in [2.45, 2.75) is 38.5 Å². The zero-order valence-corrected chi connectivity index (χ0v) is 22.2. The molecule has 0 saturated heterocycles. The second kappa shape index (κ2) is 6.45. The molecule has 38 heavy (non-hydrogen) atoms. The molecule has 0 spiro atoms. The van der Waals surface area contributed by atoms with Crippen molar-refractivity contribution in [2.75, 3.05) is 0 Å². The van der Waals surface area contributed by atoms with Crippen LogP contribution in [0.1, 0.15) is 49.9 Å². The third-order valence-corrected chi connectivity index (χ3v) is 10.0. The minimum Gasteiger partial charge on any atom is -0.0619 e. The fraction of sp³-hybridized carbons (Fsp3) is 0.158. The van der Waals surface area contributed by atoms with Crippen molar-refractivity contribution in [2.24, 2.45) is 0 Å². The molecule has 0 aromatic heterocycles. The summed E-state index contributed by atoms with van der Waals surface area (Å²) in [6.07, 6.45) is 0. The van der Waals surface area contributed by atoms with Gasteiger partial charge in [-0.3, -0.25) is 0 Å². The van der Waals surface area contributed by atoms with Gasteiger partial charge < -0.3 is 0 Å². The Morgan fingerprint density at radius 3 is 1.11 bits per heavy atom. The molecule has 9 rings (SSSR count). The molecule has 0 bridgehead atoms. The maximum absolute atomic E-state index is 2.42. The van der Waals surface area contributed by atoms with E-state index in [1.54, 1.807) is 0 Å². The van der Waals surface area contributed by atoms with Gasteiger partial charge in [-0.15, -0.1) is 0 Å². The van der Waals surface area contributed by atoms with Gasteiger partial charge >= 0.3 is 0 Å². The van der Waals surface area contributed by atoms with E-state index in [4.69, 9.17) is 0 Å². The van der Waals surface area contributed by atoms with Crippen molar-refractivity contribution in [1.29, 1.82) is 0 Å². The lowest BCUT2D eigenvalue weighted by molar-refractivity contribution is 0.645. The standard InChI is InChI=1S/C38H28/c1-37(2)29-11-7-5-9-21(29)23-13-15-25-28-18-20-32-36-24(22-10-6-8-12-30(22)38(32,3)4)14-16-26(34(28)36)27-17-19-31(37)35(23)33(25)27/h5-20H,1-4H3. The molecule has 180 valence electrons. The fourth-order valence-corrected chi connectivity index (χ4v) is 8.20. The van der Waals surface area contributed by atoms with E-state index in [1.165, 1.54) is 87.6 Å². The minimum atomic E-state index is -0.0430. The van der Waals surface area contributed by atoms with Crippen LogP contribution in [0.25, 0.3) is 65.3 Å². The minimum absolute atomic E-state index is 0.0430. The fourth-order valence-electron chi connectivity index (χ4n) is 8.20. The molecule has 0 nitrogen and oxygen atoms in total. The molecule has 0 fully saturated rings. The van der Waals surface area contributed by atoms with Crippen molar-refractivity contribution in [3.63, 3.8) is 0 Å². The second-order valence-corrected chi connectivity index (χ2v) is 12.5. The van der Waals surface area contributed by atoms with Gasteiger partial charge in [-0.25, -0.2) is 0 Å². The van der Waals surface area contributed by atoms with E-state index in [0.29, 0.717) is 0 Å². The number of fused-ring (bicyclic) bond motifs is 6. The Labute approximate surface area is 222 Å². The molecule has 2 aliphatic carbocycles. The first-order valence-corrected chi connectivity index (χ1v) is 13.8. The molecular formula is C38H28. The maximum atomic E-state index is 2.42. The molecular weight excluding hydrogens is 456 g/mol. The first-order valence-electron chi connectivity index (χ1n) is 13.8. The Bertz CT molecular complexity index is 1990. The second-order valence-electron chi connectivity index (χ2n) is 12.5. The van der Waals surface area contributed by atoms with E-state index in [9.17, 15) is 0 Å². The summed E-state index contributed by atoms with van der Waals surface area (Å²) in [5.74, 6) is 0. The summed E-state index contributed by atoms with van der Waals surface area (Å²) in [5, 5.41) is 11.2. The highest BCUT2D eigenvalue weighted by molar-refractivity contribution is 6.36. The zero-order chi connectivity index (χ0) is 25.6. The van der Waals surface area contributed by atoms with Crippen LogP contribution < -0.4 is 0 Å². The lowest BCUT2D eigenvalue weighted by Gasteiger charge is -2.37. The summed E-state index contributed by atoms with van der Waals surface area (Å²) in [7, 11) is 0. The smallest absolute Gasteiger partial charge is 0.0159 e. The number of hydrogen-bond donors (Lipinski definition) is 0. The van der Waals surface area contributed by atoms with E-state index in [-0.39, 0.29) is 10.8 Å². The lowest BCUT2D eigenvalue weighted by Crippen LogP contribution is -2.24. The average Bonchev–Trinajstić information content (AvgIpc) is 2.94. The monoisotopic (exact) mass is 484 g/mol. The molecule has 0 aliphatic heterocycles. The summed E-state index contributed by atoms with van der Waals surface area (Å²) in [6.45, 7) is 9.56. The van der Waals surface area contributed by atoms with Crippen molar-refractivity contribution >= 4 is 43.1 Å². The van der Waals surface area contributed by atoms with E-state index in [1.807, 2.05) is 0 Å². The van der Waals surface area contributed by atoms with Crippen LogP contribution in [0.4, 0.5) is 0 Å². The molecule has 0 saturated carbocycles. The third-order valence-electron chi connectivity index (χ3n) is 10.0. The number of benzene rings is 7. The largest absolute Gasteiger partial charge is 0.0619 e. The van der Waals surface area contributed by atoms with Crippen LogP contribution >= 0.6 is 0 Å². The van der Waals surface area contributed by atoms with Gasteiger partial charge in [-0.1, -0.05) is 125 Å². The van der Waals surface area contributed by atoms with Crippen molar-refractivity contribution in [1.82, 2.24) is 0 Å². The van der Waals surface area contributed by atoms with Crippen LogP contribution in [-0.2, 0) is 10.8 Å². The quantitative estimate of drug-likeness (QED) is 0.148. The zero-order valence-electron chi connectivity index (χ0n) is 22.2. The summed E-state index contributed by atoms with van der Waals surface area (Å²) >= 11 is 0. The van der Waals surface area contributed by atoms with Crippen molar-refractivity contribution < 1.29 is 0 Å². The topological polar surface area (TPSA) is 0 Å². The molecule has 0 atom stereocenters. The predicted octanol–water partition coefficient (Wildman–Crippen LogP) is 10.3. The Morgan fingerprint density at radius 2 is 0.684 bits per heavy atom. The first kappa shape index (κ1) is 20.8. The number of rotatable bonds is 0. The van der Waals surface area contributed by atoms with E-state index >= 15 is 0 Å². The highest BCUT2D eigenvalue weighted by atomic mass is 14.4. The molecule has 7 aromatic carbocycles. The van der Waals surface area contributed by atoms with Gasteiger partial charge in [0.2, 0.25) is 0 Å². The lowest BCUT2D eigenvalue weighted by atomic mass is 9.66. The molecule has 0 N–H and O–H groups in total. The van der Waals surface area contributed by atoms with Crippen LogP contribution in [0.2, 0.25) is 0 Å². The van der Waals surface area contributed by atoms with Crippen LogP contribution in [0, 0.1) is 0 Å². The molecule has 0 heteroatoms. The van der Waals surface area contributed by atoms with Gasteiger partial charge in [-0.05, 0) is 87.6 Å². The van der Waals surface area contributed by atoms with Crippen molar-refractivity contribution in [3.05, 3.63) is 119 Å². The molecule has 2 aliphatic rings. The third kappa shape index (κ3) is 2.18. The van der Waals surface area contributed by atoms with Crippen molar-refractivity contribution in [3.8, 4) is 22.3 Å². The predicted molar refractivity (Wildman–Crippen MR) is 163 cm³/mol. The van der Waals surface area contributed by atoms with Gasteiger partial charge in [-0.2, -0.15) is 0 Å². The SMILES string of the molecule is CC1(C)c2ccccc2-c2ccc3c4ccc5c6c(ccc(c7ccc1c2c37)c64)-c1ccccc1C5(C)C. The summed E-state index contributed by atoms with van der Waals surface area (Å²) < 4.78 is 0. The first-order chi connectivity index (χ1) is 18.4. The summed E-state index contributed by atoms with van der Waals surface area (Å²) in [6, 6.07) is 37.2. The van der Waals surface area contributed by atoms with Gasteiger partial charge in [0.1, 0.15) is 0 Å². The van der Waals surface area contributed by atoms with Gasteiger partial charge in [0.15, 0.2) is 0 Å². The highest BCUT2D eigenvalue weighted by Gasteiger charge is 2.36. The van der Waals surface area contributed by atoms with Crippen LogP contribution in [0.5, 0.6) is 0 Å². The molecule has 0 radical (unpaired) electrons. The Morgan fingerprint density at radius 1 is 0.316 bits per heavy atom. The van der Waals surface area contributed by atoms with Gasteiger partial charge in [0.05, 0.1) is 0 Å². The maximum Gasteiger partial charge on any atom is 0.0159 e. The Kier molecular flexibility index (Phi) is 3.54. The van der Waals surface area contributed by atoms with Crippen LogP contribution in [-0.4, -0.2) is 0 Å². The molecule has 7 aromatic rings. The molecule has 0 heterocycles. The van der Waals surface area contributed by atoms with Gasteiger partial charge in [0, 0.05) is 10.8 Å². The molecule has 0 unspecified atom stereocenters. The average molecular weight is 485 g/mol. The number of hydrogen-bond acceptors (Lipinski definition) is 0. The Balaban J connectivity index is 1.53. The summed E-state index contributed by atoms with van der Waals surface area (Å²) in [5.41, 5.74) is 11.1. The van der Waals surface area contributed by atoms with E-state index in [2.05, 4.69) is 125 Å². The van der Waals surface area contributed by atoms with Crippen LogP contribution in [0.3, 0.4) is 0 Å². The summed E-state index contributed by atoms with van der Waals surface area (Å²) in [4.78, 5) is 0. The van der Waals surface area contributed by atoms with E-state index in [0.717, 1.165) is 0 Å². The van der Waals surface area contributed by atoms with Gasteiger partial charge in [0.25, 0.3) is 0 Å².